The van der Waals surface area contributed by atoms with Gasteiger partial charge in [0.25, 0.3) is 0 Å². The summed E-state index contributed by atoms with van der Waals surface area (Å²) >= 11 is 1.48. The van der Waals surface area contributed by atoms with E-state index in [2.05, 4.69) is 33.8 Å². The predicted octanol–water partition coefficient (Wildman–Crippen LogP) is 4.03. The van der Waals surface area contributed by atoms with Crippen molar-refractivity contribution in [1.29, 1.82) is 5.26 Å². The highest BCUT2D eigenvalue weighted by molar-refractivity contribution is 8.00. The third kappa shape index (κ3) is 2.28. The van der Waals surface area contributed by atoms with E-state index in [4.69, 9.17) is 5.26 Å². The molecule has 3 rings (SSSR count). The second-order valence-electron chi connectivity index (χ2n) is 4.44. The van der Waals surface area contributed by atoms with Crippen molar-refractivity contribution in [2.75, 3.05) is 0 Å². The summed E-state index contributed by atoms with van der Waals surface area (Å²) in [6.45, 7) is 1.89. The summed E-state index contributed by atoms with van der Waals surface area (Å²) in [6, 6.07) is 20.4. The fourth-order valence-electron chi connectivity index (χ4n) is 2.09. The average Bonchev–Trinajstić information content (AvgIpc) is 2.85. The van der Waals surface area contributed by atoms with Gasteiger partial charge in [0.2, 0.25) is 0 Å². The van der Waals surface area contributed by atoms with Crippen LogP contribution in [0.4, 0.5) is 0 Å². The molecule has 1 heterocycles. The van der Waals surface area contributed by atoms with Gasteiger partial charge in [-0.1, -0.05) is 42.1 Å². The van der Waals surface area contributed by atoms with Gasteiger partial charge in [-0.05, 0) is 31.2 Å². The molecule has 3 aromatic rings. The van der Waals surface area contributed by atoms with E-state index in [1.807, 2.05) is 43.3 Å². The first-order valence-corrected chi connectivity index (χ1v) is 7.27. The standard InChI is InChI=1S/C16H13N3S/c1-12(11-17)20-16-18-14-9-5-6-10-15(14)19(16)13-7-3-2-4-8-13/h2-10,12H,1H3/t12-/m0/s1. The van der Waals surface area contributed by atoms with Crippen LogP contribution in [0.3, 0.4) is 0 Å². The molecule has 4 heteroatoms. The SMILES string of the molecule is C[C@@H](C#N)Sc1nc2ccccc2n1-c1ccccc1. The topological polar surface area (TPSA) is 41.6 Å². The number of thioether (sulfide) groups is 1. The lowest BCUT2D eigenvalue weighted by molar-refractivity contribution is 0.916. The molecular formula is C16H13N3S. The van der Waals surface area contributed by atoms with Gasteiger partial charge in [0.1, 0.15) is 0 Å². The zero-order valence-electron chi connectivity index (χ0n) is 11.0. The van der Waals surface area contributed by atoms with Crippen LogP contribution in [-0.4, -0.2) is 14.8 Å². The van der Waals surface area contributed by atoms with Gasteiger partial charge in [-0.2, -0.15) is 5.26 Å². The van der Waals surface area contributed by atoms with Crippen LogP contribution in [-0.2, 0) is 0 Å². The van der Waals surface area contributed by atoms with E-state index in [0.717, 1.165) is 21.9 Å². The monoisotopic (exact) mass is 279 g/mol. The molecular weight excluding hydrogens is 266 g/mol. The van der Waals surface area contributed by atoms with E-state index in [-0.39, 0.29) is 5.25 Å². The van der Waals surface area contributed by atoms with Crippen molar-refractivity contribution in [2.45, 2.75) is 17.3 Å². The summed E-state index contributed by atoms with van der Waals surface area (Å²) in [6.07, 6.45) is 0. The van der Waals surface area contributed by atoms with Crippen LogP contribution in [0.2, 0.25) is 0 Å². The van der Waals surface area contributed by atoms with Gasteiger partial charge in [-0.3, -0.25) is 4.57 Å². The van der Waals surface area contributed by atoms with E-state index in [9.17, 15) is 0 Å². The number of hydrogen-bond acceptors (Lipinski definition) is 3. The number of rotatable bonds is 3. The first-order chi connectivity index (χ1) is 9.79. The minimum Gasteiger partial charge on any atom is -0.287 e. The Balaban J connectivity index is 2.21. The molecule has 20 heavy (non-hydrogen) atoms. The second-order valence-corrected chi connectivity index (χ2v) is 5.75. The smallest absolute Gasteiger partial charge is 0.174 e. The normalized spacial score (nSPS) is 12.2. The maximum Gasteiger partial charge on any atom is 0.174 e. The predicted molar refractivity (Wildman–Crippen MR) is 82.0 cm³/mol. The van der Waals surface area contributed by atoms with E-state index in [1.54, 1.807) is 0 Å². The Hall–Kier alpha value is -2.25. The van der Waals surface area contributed by atoms with E-state index in [1.165, 1.54) is 11.8 Å². The van der Waals surface area contributed by atoms with Crippen molar-refractivity contribution in [1.82, 2.24) is 9.55 Å². The van der Waals surface area contributed by atoms with Crippen LogP contribution in [0.1, 0.15) is 6.92 Å². The Bertz CT molecular complexity index is 771. The molecule has 0 fully saturated rings. The molecule has 0 saturated carbocycles. The third-order valence-corrected chi connectivity index (χ3v) is 3.95. The molecule has 0 spiro atoms. The Labute approximate surface area is 121 Å². The molecule has 0 amide bonds. The molecule has 0 aliphatic heterocycles. The Morgan fingerprint density at radius 1 is 1.10 bits per heavy atom. The lowest BCUT2D eigenvalue weighted by atomic mass is 10.3. The number of nitrogens with zero attached hydrogens (tertiary/aromatic N) is 3. The summed E-state index contributed by atoms with van der Waals surface area (Å²) < 4.78 is 2.10. The van der Waals surface area contributed by atoms with Gasteiger partial charge in [0, 0.05) is 5.69 Å². The maximum atomic E-state index is 9.02. The lowest BCUT2D eigenvalue weighted by Gasteiger charge is -2.09. The van der Waals surface area contributed by atoms with Gasteiger partial charge in [-0.25, -0.2) is 4.98 Å². The molecule has 0 aliphatic rings. The Morgan fingerprint density at radius 2 is 1.80 bits per heavy atom. The summed E-state index contributed by atoms with van der Waals surface area (Å²) in [5, 5.41) is 9.75. The first kappa shape index (κ1) is 12.8. The molecule has 3 nitrogen and oxygen atoms in total. The summed E-state index contributed by atoms with van der Waals surface area (Å²) in [4.78, 5) is 4.65. The van der Waals surface area contributed by atoms with Crippen LogP contribution >= 0.6 is 11.8 Å². The van der Waals surface area contributed by atoms with Gasteiger partial charge >= 0.3 is 0 Å². The quantitative estimate of drug-likeness (QED) is 0.680. The van der Waals surface area contributed by atoms with Crippen molar-refractivity contribution in [3.05, 3.63) is 54.6 Å². The highest BCUT2D eigenvalue weighted by atomic mass is 32.2. The fraction of sp³-hybridized carbons (Fsp3) is 0.125. The zero-order valence-corrected chi connectivity index (χ0v) is 11.8. The number of para-hydroxylation sites is 3. The van der Waals surface area contributed by atoms with Gasteiger partial charge in [0.15, 0.2) is 5.16 Å². The molecule has 0 bridgehead atoms. The maximum absolute atomic E-state index is 9.02. The molecule has 1 aromatic heterocycles. The van der Waals surface area contributed by atoms with Gasteiger partial charge < -0.3 is 0 Å². The Kier molecular flexibility index (Phi) is 3.44. The lowest BCUT2D eigenvalue weighted by Crippen LogP contribution is -1.99. The van der Waals surface area contributed by atoms with Crippen LogP contribution in [0.15, 0.2) is 59.8 Å². The molecule has 0 saturated heterocycles. The number of hydrogen-bond donors (Lipinski definition) is 0. The van der Waals surface area contributed by atoms with E-state index >= 15 is 0 Å². The van der Waals surface area contributed by atoms with Crippen molar-refractivity contribution >= 4 is 22.8 Å². The van der Waals surface area contributed by atoms with Crippen LogP contribution in [0.5, 0.6) is 0 Å². The largest absolute Gasteiger partial charge is 0.287 e. The second kappa shape index (κ2) is 5.40. The van der Waals surface area contributed by atoms with Crippen molar-refractivity contribution in [2.24, 2.45) is 0 Å². The number of aromatic nitrogens is 2. The number of fused-ring (bicyclic) bond motifs is 1. The van der Waals surface area contributed by atoms with Gasteiger partial charge in [-0.15, -0.1) is 0 Å². The summed E-state index contributed by atoms with van der Waals surface area (Å²) in [5.74, 6) is 0. The summed E-state index contributed by atoms with van der Waals surface area (Å²) in [7, 11) is 0. The van der Waals surface area contributed by atoms with Crippen LogP contribution in [0, 0.1) is 11.3 Å². The first-order valence-electron chi connectivity index (χ1n) is 6.39. The fourth-order valence-corrected chi connectivity index (χ4v) is 2.92. The minimum absolute atomic E-state index is 0.130. The highest BCUT2D eigenvalue weighted by Crippen LogP contribution is 2.29. The molecule has 0 radical (unpaired) electrons. The van der Waals surface area contributed by atoms with Crippen molar-refractivity contribution in [3.8, 4) is 11.8 Å². The minimum atomic E-state index is -0.130. The Morgan fingerprint density at radius 3 is 2.55 bits per heavy atom. The highest BCUT2D eigenvalue weighted by Gasteiger charge is 2.14. The molecule has 0 N–H and O–H groups in total. The van der Waals surface area contributed by atoms with Crippen molar-refractivity contribution in [3.63, 3.8) is 0 Å². The number of imidazole rings is 1. The zero-order chi connectivity index (χ0) is 13.9. The third-order valence-electron chi connectivity index (χ3n) is 3.01. The molecule has 1 atom stereocenters. The van der Waals surface area contributed by atoms with Crippen LogP contribution < -0.4 is 0 Å². The number of benzene rings is 2. The molecule has 0 unspecified atom stereocenters. The van der Waals surface area contributed by atoms with Crippen LogP contribution in [0.25, 0.3) is 16.7 Å². The molecule has 0 aliphatic carbocycles. The van der Waals surface area contributed by atoms with E-state index in [0.29, 0.717) is 0 Å². The summed E-state index contributed by atoms with van der Waals surface area (Å²) in [5.41, 5.74) is 3.07. The van der Waals surface area contributed by atoms with Gasteiger partial charge in [0.05, 0.1) is 22.4 Å². The van der Waals surface area contributed by atoms with E-state index < -0.39 is 0 Å². The average molecular weight is 279 g/mol. The van der Waals surface area contributed by atoms with Crippen molar-refractivity contribution < 1.29 is 0 Å². The molecule has 2 aromatic carbocycles. The molecule has 98 valence electrons. The number of nitriles is 1.